The molecule has 6 nitrogen and oxygen atoms in total. The number of nitrogens with zero attached hydrogens (tertiary/aromatic N) is 2. The minimum atomic E-state index is -0.226. The summed E-state index contributed by atoms with van der Waals surface area (Å²) in [5.41, 5.74) is 2.40. The van der Waals surface area contributed by atoms with E-state index in [-0.39, 0.29) is 11.7 Å². The molecule has 3 aliphatic heterocycles. The van der Waals surface area contributed by atoms with Crippen molar-refractivity contribution in [2.75, 3.05) is 46.5 Å². The van der Waals surface area contributed by atoms with Gasteiger partial charge in [0.25, 0.3) is 0 Å². The fourth-order valence-electron chi connectivity index (χ4n) is 4.97. The molecule has 3 aliphatic rings. The molecule has 0 aromatic heterocycles. The fraction of sp³-hybridized carbons (Fsp3) is 0.667. The second-order valence-corrected chi connectivity index (χ2v) is 7.71. The van der Waals surface area contributed by atoms with Crippen LogP contribution in [0.15, 0.2) is 18.2 Å². The summed E-state index contributed by atoms with van der Waals surface area (Å²) in [6.45, 7) is 6.60. The number of hydrogen-bond donors (Lipinski definition) is 0. The van der Waals surface area contributed by atoms with Gasteiger partial charge in [0.1, 0.15) is 5.75 Å². The van der Waals surface area contributed by atoms with Crippen molar-refractivity contribution < 1.29 is 19.0 Å². The predicted molar refractivity (Wildman–Crippen MR) is 102 cm³/mol. The first-order valence-corrected chi connectivity index (χ1v) is 10.1. The van der Waals surface area contributed by atoms with Gasteiger partial charge in [-0.15, -0.1) is 0 Å². The molecule has 1 aromatic carbocycles. The van der Waals surface area contributed by atoms with Gasteiger partial charge in [0.05, 0.1) is 25.9 Å². The summed E-state index contributed by atoms with van der Waals surface area (Å²) in [6, 6.07) is 6.76. The van der Waals surface area contributed by atoms with Gasteiger partial charge >= 0.3 is 6.09 Å². The first-order valence-electron chi connectivity index (χ1n) is 10.1. The third kappa shape index (κ3) is 3.41. The number of amides is 1. The number of benzene rings is 1. The number of carbonyl (C=O) groups excluding carboxylic acids is 1. The maximum atomic E-state index is 12.0. The number of fused-ring (bicyclic) bond motifs is 2. The van der Waals surface area contributed by atoms with Gasteiger partial charge < -0.3 is 19.1 Å². The predicted octanol–water partition coefficient (Wildman–Crippen LogP) is 2.79. The second kappa shape index (κ2) is 7.68. The number of hydrogen-bond acceptors (Lipinski definition) is 5. The lowest BCUT2D eigenvalue weighted by Crippen LogP contribution is -2.50. The van der Waals surface area contributed by atoms with E-state index in [0.29, 0.717) is 12.6 Å². The maximum absolute atomic E-state index is 12.0. The van der Waals surface area contributed by atoms with Crippen molar-refractivity contribution in [3.05, 3.63) is 29.3 Å². The average molecular weight is 374 g/mol. The zero-order chi connectivity index (χ0) is 18.9. The zero-order valence-electron chi connectivity index (χ0n) is 16.4. The lowest BCUT2D eigenvalue weighted by atomic mass is 9.78. The molecule has 0 radical (unpaired) electrons. The van der Waals surface area contributed by atoms with Gasteiger partial charge in [-0.05, 0) is 44.2 Å². The quantitative estimate of drug-likeness (QED) is 0.814. The Labute approximate surface area is 161 Å². The van der Waals surface area contributed by atoms with Crippen LogP contribution in [0.2, 0.25) is 0 Å². The summed E-state index contributed by atoms with van der Waals surface area (Å²) < 4.78 is 17.2. The van der Waals surface area contributed by atoms with E-state index in [0.717, 1.165) is 64.2 Å². The van der Waals surface area contributed by atoms with Crippen molar-refractivity contribution in [2.45, 2.75) is 44.2 Å². The summed E-state index contributed by atoms with van der Waals surface area (Å²) >= 11 is 0. The number of rotatable bonds is 3. The van der Waals surface area contributed by atoms with E-state index in [1.165, 1.54) is 11.1 Å². The highest BCUT2D eigenvalue weighted by molar-refractivity contribution is 5.68. The topological polar surface area (TPSA) is 51.2 Å². The Bertz CT molecular complexity index is 671. The molecule has 3 heterocycles. The van der Waals surface area contributed by atoms with Crippen LogP contribution < -0.4 is 4.74 Å². The van der Waals surface area contributed by atoms with Gasteiger partial charge in [-0.25, -0.2) is 4.79 Å². The molecule has 1 spiro atoms. The highest BCUT2D eigenvalue weighted by Gasteiger charge is 2.44. The molecule has 148 valence electrons. The fourth-order valence-corrected chi connectivity index (χ4v) is 4.97. The van der Waals surface area contributed by atoms with E-state index in [1.54, 1.807) is 7.11 Å². The molecule has 1 atom stereocenters. The smallest absolute Gasteiger partial charge is 0.409 e. The normalized spacial score (nSPS) is 24.7. The first kappa shape index (κ1) is 18.6. The van der Waals surface area contributed by atoms with Gasteiger partial charge in [0.15, 0.2) is 0 Å². The molecule has 0 N–H and O–H groups in total. The van der Waals surface area contributed by atoms with Crippen molar-refractivity contribution >= 4 is 6.09 Å². The molecule has 0 bridgehead atoms. The van der Waals surface area contributed by atoms with Gasteiger partial charge in [0, 0.05) is 37.8 Å². The minimum Gasteiger partial charge on any atom is -0.496 e. The van der Waals surface area contributed by atoms with E-state index in [1.807, 2.05) is 11.8 Å². The van der Waals surface area contributed by atoms with Crippen molar-refractivity contribution in [1.29, 1.82) is 0 Å². The number of piperidine rings is 1. The summed E-state index contributed by atoms with van der Waals surface area (Å²) in [5, 5.41) is 0. The monoisotopic (exact) mass is 374 g/mol. The van der Waals surface area contributed by atoms with Gasteiger partial charge in [0.2, 0.25) is 0 Å². The molecule has 1 unspecified atom stereocenters. The molecule has 0 aliphatic carbocycles. The van der Waals surface area contributed by atoms with Crippen LogP contribution in [-0.2, 0) is 21.5 Å². The summed E-state index contributed by atoms with van der Waals surface area (Å²) in [5.74, 6) is 0.954. The number of ether oxygens (including phenoxy) is 3. The van der Waals surface area contributed by atoms with Gasteiger partial charge in [-0.2, -0.15) is 0 Å². The standard InChI is InChI=1S/C21H30N2O4/c1-3-26-20(24)23-11-7-17(15-23)22-12-9-21(10-13-22)19-16(8-14-27-21)5-4-6-18(19)25-2/h4-6,17H,3,7-15H2,1-2H3. The van der Waals surface area contributed by atoms with Crippen LogP contribution in [0.4, 0.5) is 4.79 Å². The number of methoxy groups -OCH3 is 1. The Hall–Kier alpha value is -1.79. The molecule has 4 rings (SSSR count). The Morgan fingerprint density at radius 3 is 2.85 bits per heavy atom. The third-order valence-electron chi connectivity index (χ3n) is 6.35. The third-order valence-corrected chi connectivity index (χ3v) is 6.35. The highest BCUT2D eigenvalue weighted by Crippen LogP contribution is 2.46. The summed E-state index contributed by atoms with van der Waals surface area (Å²) in [4.78, 5) is 16.3. The lowest BCUT2D eigenvalue weighted by Gasteiger charge is -2.46. The number of carbonyl (C=O) groups is 1. The molecule has 2 fully saturated rings. The molecule has 6 heteroatoms. The largest absolute Gasteiger partial charge is 0.496 e. The second-order valence-electron chi connectivity index (χ2n) is 7.71. The Morgan fingerprint density at radius 2 is 2.11 bits per heavy atom. The molecule has 1 amide bonds. The lowest BCUT2D eigenvalue weighted by molar-refractivity contribution is -0.103. The molecule has 1 aromatic rings. The van der Waals surface area contributed by atoms with Crippen LogP contribution in [-0.4, -0.2) is 68.4 Å². The van der Waals surface area contributed by atoms with Crippen LogP contribution in [0.25, 0.3) is 0 Å². The highest BCUT2D eigenvalue weighted by atomic mass is 16.6. The SMILES string of the molecule is CCOC(=O)N1CCC(N2CCC3(CC2)OCCc2cccc(OC)c23)C1. The maximum Gasteiger partial charge on any atom is 0.409 e. The van der Waals surface area contributed by atoms with Crippen LogP contribution >= 0.6 is 0 Å². The van der Waals surface area contributed by atoms with E-state index in [4.69, 9.17) is 14.2 Å². The molecular weight excluding hydrogens is 344 g/mol. The minimum absolute atomic E-state index is 0.178. The van der Waals surface area contributed by atoms with E-state index < -0.39 is 0 Å². The van der Waals surface area contributed by atoms with E-state index in [9.17, 15) is 4.79 Å². The van der Waals surface area contributed by atoms with E-state index >= 15 is 0 Å². The van der Waals surface area contributed by atoms with Crippen molar-refractivity contribution in [1.82, 2.24) is 9.80 Å². The first-order chi connectivity index (χ1) is 13.2. The molecular formula is C21H30N2O4. The van der Waals surface area contributed by atoms with Crippen LogP contribution in [0.5, 0.6) is 5.75 Å². The van der Waals surface area contributed by atoms with Crippen molar-refractivity contribution in [2.24, 2.45) is 0 Å². The van der Waals surface area contributed by atoms with Gasteiger partial charge in [-0.1, -0.05) is 12.1 Å². The van der Waals surface area contributed by atoms with E-state index in [2.05, 4.69) is 23.1 Å². The van der Waals surface area contributed by atoms with Crippen molar-refractivity contribution in [3.63, 3.8) is 0 Å². The van der Waals surface area contributed by atoms with Gasteiger partial charge in [-0.3, -0.25) is 4.90 Å². The Kier molecular flexibility index (Phi) is 5.28. The average Bonchev–Trinajstić information content (AvgIpc) is 3.19. The molecule has 2 saturated heterocycles. The Morgan fingerprint density at radius 1 is 1.30 bits per heavy atom. The van der Waals surface area contributed by atoms with Crippen LogP contribution in [0, 0.1) is 0 Å². The summed E-state index contributed by atoms with van der Waals surface area (Å²) in [6.07, 6.45) is 3.73. The van der Waals surface area contributed by atoms with Crippen molar-refractivity contribution in [3.8, 4) is 5.75 Å². The molecule has 27 heavy (non-hydrogen) atoms. The van der Waals surface area contributed by atoms with Crippen LogP contribution in [0.3, 0.4) is 0 Å². The molecule has 0 saturated carbocycles. The Balaban J connectivity index is 1.44. The summed E-state index contributed by atoms with van der Waals surface area (Å²) in [7, 11) is 1.75. The van der Waals surface area contributed by atoms with Crippen LogP contribution in [0.1, 0.15) is 37.3 Å². The number of likely N-dealkylation sites (tertiary alicyclic amines) is 2. The zero-order valence-corrected chi connectivity index (χ0v) is 16.4.